The molecule has 2 heterocycles. The van der Waals surface area contributed by atoms with Gasteiger partial charge in [-0.15, -0.1) is 0 Å². The molecular weight excluding hydrogens is 274 g/mol. The van der Waals surface area contributed by atoms with Crippen molar-refractivity contribution >= 4 is 0 Å². The molecule has 4 heteroatoms. The summed E-state index contributed by atoms with van der Waals surface area (Å²) in [5, 5.41) is 8.66. The number of rotatable bonds is 3. The van der Waals surface area contributed by atoms with E-state index in [1.54, 1.807) is 0 Å². The predicted molar refractivity (Wildman–Crippen MR) is 84.5 cm³/mol. The van der Waals surface area contributed by atoms with Gasteiger partial charge in [0.2, 0.25) is 0 Å². The van der Waals surface area contributed by atoms with E-state index in [2.05, 4.69) is 10.3 Å². The van der Waals surface area contributed by atoms with Gasteiger partial charge in [0, 0.05) is 17.8 Å². The average Bonchev–Trinajstić information content (AvgIpc) is 3.26. The van der Waals surface area contributed by atoms with Gasteiger partial charge in [-0.05, 0) is 18.2 Å². The fourth-order valence-electron chi connectivity index (χ4n) is 2.32. The Labute approximate surface area is 127 Å². The number of benzene rings is 2. The van der Waals surface area contributed by atoms with E-state index in [1.165, 1.54) is 0 Å². The Kier molecular flexibility index (Phi) is 3.05. The Balaban J connectivity index is 1.66. The molecule has 0 radical (unpaired) electrons. The van der Waals surface area contributed by atoms with Gasteiger partial charge in [0.15, 0.2) is 5.76 Å². The lowest BCUT2D eigenvalue weighted by atomic mass is 10.1. The Hall–Kier alpha value is -3.14. The standard InChI is InChI=1S/C18H13N3O/c1-3-7-14(8-4-1)17-13-18(22-20-17)16-11-12-21(19-16)15-9-5-2-6-10-15/h1-13H. The van der Waals surface area contributed by atoms with Crippen molar-refractivity contribution in [2.75, 3.05) is 0 Å². The van der Waals surface area contributed by atoms with Gasteiger partial charge in [-0.2, -0.15) is 5.10 Å². The number of aromatic nitrogens is 3. The first kappa shape index (κ1) is 12.6. The second-order valence-electron chi connectivity index (χ2n) is 4.92. The summed E-state index contributed by atoms with van der Waals surface area (Å²) in [7, 11) is 0. The molecule has 0 fully saturated rings. The minimum atomic E-state index is 0.661. The molecule has 22 heavy (non-hydrogen) atoms. The molecule has 0 saturated carbocycles. The van der Waals surface area contributed by atoms with Gasteiger partial charge >= 0.3 is 0 Å². The van der Waals surface area contributed by atoms with Crippen molar-refractivity contribution in [2.45, 2.75) is 0 Å². The summed E-state index contributed by atoms with van der Waals surface area (Å²) in [5.74, 6) is 0.661. The summed E-state index contributed by atoms with van der Waals surface area (Å²) in [4.78, 5) is 0. The maximum atomic E-state index is 5.43. The van der Waals surface area contributed by atoms with Gasteiger partial charge in [-0.3, -0.25) is 0 Å². The van der Waals surface area contributed by atoms with Crippen molar-refractivity contribution in [3.05, 3.63) is 79.0 Å². The highest BCUT2D eigenvalue weighted by molar-refractivity contribution is 5.64. The zero-order valence-electron chi connectivity index (χ0n) is 11.8. The number of para-hydroxylation sites is 1. The monoisotopic (exact) mass is 287 g/mol. The fraction of sp³-hybridized carbons (Fsp3) is 0. The summed E-state index contributed by atoms with van der Waals surface area (Å²) in [6.07, 6.45) is 1.91. The van der Waals surface area contributed by atoms with Gasteiger partial charge in [0.05, 0.1) is 5.69 Å². The van der Waals surface area contributed by atoms with Crippen LogP contribution in [0.4, 0.5) is 0 Å². The molecule has 0 atom stereocenters. The molecule has 0 bridgehead atoms. The van der Waals surface area contributed by atoms with E-state index in [0.717, 1.165) is 22.6 Å². The first-order chi connectivity index (χ1) is 10.9. The summed E-state index contributed by atoms with van der Waals surface area (Å²) >= 11 is 0. The number of hydrogen-bond donors (Lipinski definition) is 0. The van der Waals surface area contributed by atoms with Gasteiger partial charge in [0.1, 0.15) is 11.4 Å². The van der Waals surface area contributed by atoms with E-state index < -0.39 is 0 Å². The van der Waals surface area contributed by atoms with Gasteiger partial charge in [-0.1, -0.05) is 53.7 Å². The Bertz CT molecular complexity index is 803. The lowest BCUT2D eigenvalue weighted by Gasteiger charge is -1.98. The third-order valence-corrected chi connectivity index (χ3v) is 3.44. The summed E-state index contributed by atoms with van der Waals surface area (Å²) < 4.78 is 7.25. The van der Waals surface area contributed by atoms with E-state index in [4.69, 9.17) is 4.52 Å². The second kappa shape index (κ2) is 5.33. The van der Waals surface area contributed by atoms with Crippen molar-refractivity contribution in [1.29, 1.82) is 0 Å². The van der Waals surface area contributed by atoms with Crippen molar-refractivity contribution in [2.24, 2.45) is 0 Å². The van der Waals surface area contributed by atoms with Crippen LogP contribution < -0.4 is 0 Å². The number of nitrogens with zero attached hydrogens (tertiary/aromatic N) is 3. The maximum absolute atomic E-state index is 5.43. The van der Waals surface area contributed by atoms with Crippen LogP contribution in [-0.4, -0.2) is 14.9 Å². The quantitative estimate of drug-likeness (QED) is 0.567. The van der Waals surface area contributed by atoms with E-state index >= 15 is 0 Å². The van der Waals surface area contributed by atoms with Crippen LogP contribution in [0.3, 0.4) is 0 Å². The summed E-state index contributed by atoms with van der Waals surface area (Å²) in [6, 6.07) is 23.7. The molecule has 106 valence electrons. The SMILES string of the molecule is c1ccc(-c2cc(-c3ccn(-c4ccccc4)n3)on2)cc1. The van der Waals surface area contributed by atoms with Crippen LogP contribution in [0.5, 0.6) is 0 Å². The van der Waals surface area contributed by atoms with Crippen molar-refractivity contribution in [3.63, 3.8) is 0 Å². The second-order valence-corrected chi connectivity index (χ2v) is 4.92. The molecule has 0 aliphatic carbocycles. The van der Waals surface area contributed by atoms with Crippen molar-refractivity contribution in [3.8, 4) is 28.4 Å². The molecule has 0 aliphatic rings. The molecule has 0 unspecified atom stereocenters. The minimum absolute atomic E-state index is 0.661. The molecule has 0 spiro atoms. The molecule has 0 aliphatic heterocycles. The molecule has 4 aromatic rings. The van der Waals surface area contributed by atoms with E-state index in [0.29, 0.717) is 5.76 Å². The van der Waals surface area contributed by atoms with Crippen LogP contribution >= 0.6 is 0 Å². The highest BCUT2D eigenvalue weighted by Gasteiger charge is 2.11. The molecule has 4 nitrogen and oxygen atoms in total. The van der Waals surface area contributed by atoms with Crippen LogP contribution in [-0.2, 0) is 0 Å². The smallest absolute Gasteiger partial charge is 0.187 e. The lowest BCUT2D eigenvalue weighted by molar-refractivity contribution is 0.433. The third kappa shape index (κ3) is 2.31. The maximum Gasteiger partial charge on any atom is 0.187 e. The van der Waals surface area contributed by atoms with Crippen LogP contribution in [0.25, 0.3) is 28.4 Å². The molecule has 0 N–H and O–H groups in total. The van der Waals surface area contributed by atoms with E-state index in [9.17, 15) is 0 Å². The molecule has 2 aromatic carbocycles. The lowest BCUT2D eigenvalue weighted by Crippen LogP contribution is -1.93. The van der Waals surface area contributed by atoms with Gasteiger partial charge in [-0.25, -0.2) is 4.68 Å². The zero-order valence-corrected chi connectivity index (χ0v) is 11.8. The van der Waals surface area contributed by atoms with Crippen LogP contribution in [0.2, 0.25) is 0 Å². The largest absolute Gasteiger partial charge is 0.354 e. The Morgan fingerprint density at radius 1 is 0.773 bits per heavy atom. The van der Waals surface area contributed by atoms with E-state index in [1.807, 2.05) is 83.7 Å². The predicted octanol–water partition coefficient (Wildman–Crippen LogP) is 4.19. The molecule has 0 saturated heterocycles. The molecule has 0 amide bonds. The van der Waals surface area contributed by atoms with Crippen molar-refractivity contribution in [1.82, 2.24) is 14.9 Å². The highest BCUT2D eigenvalue weighted by atomic mass is 16.5. The normalized spacial score (nSPS) is 10.7. The Morgan fingerprint density at radius 3 is 2.27 bits per heavy atom. The molecular formula is C18H13N3O. The average molecular weight is 287 g/mol. The summed E-state index contributed by atoms with van der Waals surface area (Å²) in [5.41, 5.74) is 3.61. The molecule has 2 aromatic heterocycles. The first-order valence-electron chi connectivity index (χ1n) is 7.04. The van der Waals surface area contributed by atoms with Crippen LogP contribution in [0.1, 0.15) is 0 Å². The minimum Gasteiger partial charge on any atom is -0.354 e. The first-order valence-corrected chi connectivity index (χ1v) is 7.04. The van der Waals surface area contributed by atoms with Crippen LogP contribution in [0, 0.1) is 0 Å². The zero-order chi connectivity index (χ0) is 14.8. The van der Waals surface area contributed by atoms with E-state index in [-0.39, 0.29) is 0 Å². The van der Waals surface area contributed by atoms with Crippen LogP contribution in [0.15, 0.2) is 83.5 Å². The Morgan fingerprint density at radius 2 is 1.50 bits per heavy atom. The number of hydrogen-bond acceptors (Lipinski definition) is 3. The third-order valence-electron chi connectivity index (χ3n) is 3.44. The van der Waals surface area contributed by atoms with Crippen molar-refractivity contribution < 1.29 is 4.52 Å². The topological polar surface area (TPSA) is 43.9 Å². The fourth-order valence-corrected chi connectivity index (χ4v) is 2.32. The van der Waals surface area contributed by atoms with Gasteiger partial charge in [0.25, 0.3) is 0 Å². The molecule has 4 rings (SSSR count). The summed E-state index contributed by atoms with van der Waals surface area (Å²) in [6.45, 7) is 0. The van der Waals surface area contributed by atoms with Gasteiger partial charge < -0.3 is 4.52 Å². The highest BCUT2D eigenvalue weighted by Crippen LogP contribution is 2.25.